The van der Waals surface area contributed by atoms with Gasteiger partial charge in [-0.05, 0) is 0 Å². The third-order valence-electron chi connectivity index (χ3n) is 0.144. The van der Waals surface area contributed by atoms with E-state index in [4.69, 9.17) is 9.46 Å². The minimum Gasteiger partial charge on any atom is -0.310 e. The van der Waals surface area contributed by atoms with E-state index >= 15 is 0 Å². The largest absolute Gasteiger partial charge is 0.324 e. The van der Waals surface area contributed by atoms with Gasteiger partial charge in [0.2, 0.25) is 0 Å². The van der Waals surface area contributed by atoms with Gasteiger partial charge >= 0.3 is 62.9 Å². The van der Waals surface area contributed by atoms with Gasteiger partial charge in [-0.15, -0.1) is 0 Å². The van der Waals surface area contributed by atoms with Crippen molar-refractivity contribution in [3.8, 4) is 0 Å². The molecule has 0 bridgehead atoms. The Bertz CT molecular complexity index is 48.2. The topological polar surface area (TPSA) is 37.3 Å². The molecule has 2 nitrogen and oxygen atoms in total. The first-order chi connectivity index (χ1) is 3.33. The van der Waals surface area contributed by atoms with Crippen molar-refractivity contribution in [1.82, 2.24) is 0 Å². The molecule has 0 aliphatic heterocycles. The van der Waals surface area contributed by atoms with Crippen LogP contribution in [0, 0.1) is 39.6 Å². The molecule has 0 atom stereocenters. The maximum absolute atomic E-state index is 8.46. The van der Waals surface area contributed by atoms with Gasteiger partial charge in [0, 0.05) is 0 Å². The summed E-state index contributed by atoms with van der Waals surface area (Å²) >= 11 is 1.27. The minimum atomic E-state index is -0.833. The van der Waals surface area contributed by atoms with Crippen molar-refractivity contribution in [1.29, 1.82) is 0 Å². The second-order valence-electron chi connectivity index (χ2n) is 0.574. The molecule has 0 aliphatic carbocycles. The standard InChI is InChI=1S/C3H5.Ce.HO2P/c1-3-2;;1-3-2/h3H,1-2H2;;(H,1,2). The maximum atomic E-state index is 8.46. The Hall–Kier alpha value is 1.18. The Morgan fingerprint density at radius 1 is 2.00 bits per heavy atom. The quantitative estimate of drug-likeness (QED) is 0.559. The SMILES string of the molecule is C=C[CH2][Ce].O=PO. The van der Waals surface area contributed by atoms with Crippen LogP contribution in [0.15, 0.2) is 12.7 Å². The van der Waals surface area contributed by atoms with E-state index in [-0.39, 0.29) is 0 Å². The summed E-state index contributed by atoms with van der Waals surface area (Å²) in [7, 11) is -0.833. The van der Waals surface area contributed by atoms with Gasteiger partial charge in [0.15, 0.2) is 0 Å². The summed E-state index contributed by atoms with van der Waals surface area (Å²) in [6.45, 7) is 3.51. The number of rotatable bonds is 1. The fourth-order valence-electron chi connectivity index (χ4n) is 0. The first-order valence-corrected chi connectivity index (χ1v) is 4.54. The van der Waals surface area contributed by atoms with E-state index in [1.807, 2.05) is 6.08 Å². The molecule has 0 unspecified atom stereocenters. The van der Waals surface area contributed by atoms with E-state index < -0.39 is 8.69 Å². The fraction of sp³-hybridized carbons (Fsp3) is 0.333. The molecule has 0 aliphatic rings. The van der Waals surface area contributed by atoms with Gasteiger partial charge in [-0.2, -0.15) is 0 Å². The molecule has 0 aromatic heterocycles. The Kier molecular flexibility index (Phi) is 24.8. The van der Waals surface area contributed by atoms with Crippen LogP contribution >= 0.6 is 8.69 Å². The summed E-state index contributed by atoms with van der Waals surface area (Å²) in [5.41, 5.74) is 0. The van der Waals surface area contributed by atoms with Gasteiger partial charge in [-0.1, -0.05) is 0 Å². The molecule has 0 saturated heterocycles. The van der Waals surface area contributed by atoms with Gasteiger partial charge in [0.25, 0.3) is 0 Å². The second-order valence-corrected chi connectivity index (χ2v) is 2.02. The summed E-state index contributed by atoms with van der Waals surface area (Å²) in [6, 6.07) is 0. The van der Waals surface area contributed by atoms with E-state index in [0.29, 0.717) is 0 Å². The Balaban J connectivity index is 0. The van der Waals surface area contributed by atoms with Gasteiger partial charge in [-0.25, -0.2) is 4.57 Å². The van der Waals surface area contributed by atoms with Gasteiger partial charge in [0.05, 0.1) is 0 Å². The zero-order valence-corrected chi connectivity index (χ0v) is 7.83. The molecular weight excluding hydrogens is 239 g/mol. The van der Waals surface area contributed by atoms with Crippen LogP contribution in [0.25, 0.3) is 0 Å². The molecule has 0 aromatic rings. The molecule has 0 saturated carbocycles. The van der Waals surface area contributed by atoms with E-state index in [2.05, 4.69) is 6.58 Å². The van der Waals surface area contributed by atoms with Crippen molar-refractivity contribution < 1.29 is 49.1 Å². The smallest absolute Gasteiger partial charge is 0.310 e. The molecule has 0 heterocycles. The third-order valence-corrected chi connectivity index (χ3v) is 1.05. The average Bonchev–Trinajstić information content (AvgIpc) is 1.69. The molecule has 0 fully saturated rings. The van der Waals surface area contributed by atoms with Crippen molar-refractivity contribution in [2.45, 2.75) is 1.94 Å². The van der Waals surface area contributed by atoms with Gasteiger partial charge < -0.3 is 4.89 Å². The van der Waals surface area contributed by atoms with E-state index in [0.717, 1.165) is 0 Å². The number of hydrogen-bond acceptors (Lipinski definition) is 1. The first kappa shape index (κ1) is 11.0. The Labute approximate surface area is 71.6 Å². The fourth-order valence-corrected chi connectivity index (χ4v) is 0. The average molecular weight is 245 g/mol. The summed E-state index contributed by atoms with van der Waals surface area (Å²) in [6.07, 6.45) is 1.94. The summed E-state index contributed by atoms with van der Waals surface area (Å²) in [5, 5.41) is 0. The Morgan fingerprint density at radius 2 is 2.14 bits per heavy atom. The zero-order valence-electron chi connectivity index (χ0n) is 3.79. The van der Waals surface area contributed by atoms with Crippen molar-refractivity contribution in [3.63, 3.8) is 0 Å². The van der Waals surface area contributed by atoms with Crippen molar-refractivity contribution in [2.24, 2.45) is 0 Å². The van der Waals surface area contributed by atoms with Crippen LogP contribution in [0.1, 0.15) is 0 Å². The third kappa shape index (κ3) is 40.6. The first-order valence-electron chi connectivity index (χ1n) is 1.55. The van der Waals surface area contributed by atoms with E-state index in [1.54, 1.807) is 0 Å². The van der Waals surface area contributed by atoms with Crippen LogP contribution in [0.5, 0.6) is 0 Å². The van der Waals surface area contributed by atoms with Crippen molar-refractivity contribution in [3.05, 3.63) is 12.7 Å². The molecule has 0 amide bonds. The van der Waals surface area contributed by atoms with Crippen LogP contribution < -0.4 is 0 Å². The Morgan fingerprint density at radius 3 is 2.14 bits per heavy atom. The van der Waals surface area contributed by atoms with E-state index in [1.165, 1.54) is 41.6 Å². The molecule has 39 valence electrons. The summed E-state index contributed by atoms with van der Waals surface area (Å²) < 4.78 is 9.68. The molecule has 0 spiro atoms. The molecule has 4 heteroatoms. The monoisotopic (exact) mass is 245 g/mol. The van der Waals surface area contributed by atoms with E-state index in [9.17, 15) is 0 Å². The summed E-state index contributed by atoms with van der Waals surface area (Å²) in [4.78, 5) is 6.99. The molecule has 0 aromatic carbocycles. The van der Waals surface area contributed by atoms with Crippen molar-refractivity contribution >= 4 is 8.69 Å². The molecular formula is C3H6CeO2P. The van der Waals surface area contributed by atoms with Crippen LogP contribution in [0.3, 0.4) is 0 Å². The molecule has 7 heavy (non-hydrogen) atoms. The molecule has 0 rings (SSSR count). The predicted molar refractivity (Wildman–Crippen MR) is 24.8 cm³/mol. The van der Waals surface area contributed by atoms with Gasteiger partial charge in [-0.3, -0.25) is 0 Å². The van der Waals surface area contributed by atoms with Gasteiger partial charge in [0.1, 0.15) is 0 Å². The maximum Gasteiger partial charge on any atom is 0.324 e. The number of allylic oxidation sites excluding steroid dienone is 1. The van der Waals surface area contributed by atoms with Crippen LogP contribution in [-0.2, 0) is 4.57 Å². The second kappa shape index (κ2) is 15.7. The minimum absolute atomic E-state index is 0.833. The zero-order chi connectivity index (χ0) is 6.12. The summed E-state index contributed by atoms with van der Waals surface area (Å²) in [5.74, 6) is 0. The normalized spacial score (nSPS) is 6.29. The molecule has 1 N–H and O–H groups in total. The van der Waals surface area contributed by atoms with Crippen LogP contribution in [0.2, 0.25) is 1.94 Å². The van der Waals surface area contributed by atoms with Crippen LogP contribution in [0.4, 0.5) is 0 Å². The number of hydrogen-bond donors (Lipinski definition) is 1. The molecule has 0 radical (unpaired) electrons. The van der Waals surface area contributed by atoms with Crippen LogP contribution in [-0.4, -0.2) is 4.89 Å². The predicted octanol–water partition coefficient (Wildman–Crippen LogP) is 1.33. The van der Waals surface area contributed by atoms with Crippen molar-refractivity contribution in [2.75, 3.05) is 0 Å².